The number of aromatic nitrogens is 1. The number of hydrogen-bond donors (Lipinski definition) is 2. The molecule has 0 fully saturated rings. The predicted molar refractivity (Wildman–Crippen MR) is 83.3 cm³/mol. The van der Waals surface area contributed by atoms with E-state index < -0.39 is 0 Å². The van der Waals surface area contributed by atoms with Crippen molar-refractivity contribution in [2.75, 3.05) is 0 Å². The van der Waals surface area contributed by atoms with Crippen molar-refractivity contribution in [2.45, 2.75) is 9.79 Å². The highest BCUT2D eigenvalue weighted by molar-refractivity contribution is 7.99. The molecule has 20 heavy (non-hydrogen) atoms. The molecular formula is C16H13N3S. The van der Waals surface area contributed by atoms with Gasteiger partial charge in [0.15, 0.2) is 0 Å². The number of hydrogen-bond acceptors (Lipinski definition) is 3. The number of nitrogens with zero attached hydrogens (tertiary/aromatic N) is 1. The Labute approximate surface area is 121 Å². The van der Waals surface area contributed by atoms with Gasteiger partial charge < -0.3 is 5.73 Å². The van der Waals surface area contributed by atoms with Gasteiger partial charge in [0.1, 0.15) is 11.5 Å². The molecule has 3 rings (SSSR count). The van der Waals surface area contributed by atoms with Crippen molar-refractivity contribution in [3.8, 4) is 0 Å². The summed E-state index contributed by atoms with van der Waals surface area (Å²) in [5, 5.41) is 9.99. The fourth-order valence-electron chi connectivity index (χ4n) is 2.03. The summed E-state index contributed by atoms with van der Waals surface area (Å²) in [6.45, 7) is 0. The van der Waals surface area contributed by atoms with E-state index in [1.807, 2.05) is 24.3 Å². The van der Waals surface area contributed by atoms with Crippen LogP contribution in [0.4, 0.5) is 0 Å². The zero-order valence-electron chi connectivity index (χ0n) is 10.7. The lowest BCUT2D eigenvalue weighted by Crippen LogP contribution is -2.14. The topological polar surface area (TPSA) is 62.8 Å². The van der Waals surface area contributed by atoms with Crippen LogP contribution in [0.15, 0.2) is 70.6 Å². The molecule has 0 amide bonds. The molecule has 0 unspecified atom stereocenters. The maximum atomic E-state index is 7.58. The molecule has 0 aliphatic heterocycles. The van der Waals surface area contributed by atoms with Crippen molar-refractivity contribution >= 4 is 28.4 Å². The van der Waals surface area contributed by atoms with Gasteiger partial charge in [-0.25, -0.2) is 0 Å². The molecule has 3 N–H and O–H groups in total. The SMILES string of the molecule is N=C(N)c1ncccc1Sc1ccc2ccccc2c1. The predicted octanol–water partition coefficient (Wildman–Crippen LogP) is 3.67. The minimum Gasteiger partial charge on any atom is -0.382 e. The van der Waals surface area contributed by atoms with E-state index in [-0.39, 0.29) is 5.84 Å². The summed E-state index contributed by atoms with van der Waals surface area (Å²) in [5.41, 5.74) is 6.10. The Balaban J connectivity index is 1.99. The summed E-state index contributed by atoms with van der Waals surface area (Å²) < 4.78 is 0. The van der Waals surface area contributed by atoms with Gasteiger partial charge in [0.05, 0.1) is 0 Å². The number of pyridine rings is 1. The molecule has 98 valence electrons. The summed E-state index contributed by atoms with van der Waals surface area (Å²) >= 11 is 1.57. The molecular weight excluding hydrogens is 266 g/mol. The highest BCUT2D eigenvalue weighted by atomic mass is 32.2. The molecule has 0 atom stereocenters. The van der Waals surface area contributed by atoms with Crippen LogP contribution in [0.2, 0.25) is 0 Å². The first-order chi connectivity index (χ1) is 9.74. The Kier molecular flexibility index (Phi) is 3.39. The van der Waals surface area contributed by atoms with Crippen molar-refractivity contribution in [1.29, 1.82) is 5.41 Å². The summed E-state index contributed by atoms with van der Waals surface area (Å²) in [5.74, 6) is -0.00566. The fraction of sp³-hybridized carbons (Fsp3) is 0. The van der Waals surface area contributed by atoms with E-state index in [0.29, 0.717) is 5.69 Å². The normalized spacial score (nSPS) is 10.6. The standard InChI is InChI=1S/C16H13N3S/c17-16(18)15-14(6-3-9-19-15)20-13-8-7-11-4-1-2-5-12(11)10-13/h1-10H,(H3,17,18). The Morgan fingerprint density at radius 3 is 2.60 bits per heavy atom. The first-order valence-corrected chi connectivity index (χ1v) is 7.02. The van der Waals surface area contributed by atoms with Crippen LogP contribution in [-0.2, 0) is 0 Å². The molecule has 1 heterocycles. The Morgan fingerprint density at radius 2 is 1.80 bits per heavy atom. The maximum absolute atomic E-state index is 7.58. The number of fused-ring (bicyclic) bond motifs is 1. The summed E-state index contributed by atoms with van der Waals surface area (Å²) in [4.78, 5) is 6.18. The van der Waals surface area contributed by atoms with Crippen LogP contribution in [0.25, 0.3) is 10.8 Å². The molecule has 3 aromatic rings. The van der Waals surface area contributed by atoms with E-state index in [9.17, 15) is 0 Å². The van der Waals surface area contributed by atoms with E-state index in [1.54, 1.807) is 18.0 Å². The van der Waals surface area contributed by atoms with Crippen LogP contribution in [0.5, 0.6) is 0 Å². The Morgan fingerprint density at radius 1 is 1.00 bits per heavy atom. The quantitative estimate of drug-likeness (QED) is 0.568. The molecule has 3 nitrogen and oxygen atoms in total. The number of rotatable bonds is 3. The van der Waals surface area contributed by atoms with E-state index in [1.165, 1.54) is 10.8 Å². The van der Waals surface area contributed by atoms with Gasteiger partial charge in [-0.05, 0) is 35.0 Å². The molecule has 2 aromatic carbocycles. The van der Waals surface area contributed by atoms with Gasteiger partial charge in [0, 0.05) is 16.0 Å². The van der Waals surface area contributed by atoms with Gasteiger partial charge in [-0.3, -0.25) is 10.4 Å². The Hall–Kier alpha value is -2.33. The lowest BCUT2D eigenvalue weighted by atomic mass is 10.1. The van der Waals surface area contributed by atoms with Crippen LogP contribution in [0.3, 0.4) is 0 Å². The van der Waals surface area contributed by atoms with Gasteiger partial charge in [-0.1, -0.05) is 42.1 Å². The average molecular weight is 279 g/mol. The van der Waals surface area contributed by atoms with E-state index in [0.717, 1.165) is 9.79 Å². The lowest BCUT2D eigenvalue weighted by Gasteiger charge is -2.07. The van der Waals surface area contributed by atoms with Crippen molar-refractivity contribution in [1.82, 2.24) is 4.98 Å². The zero-order valence-corrected chi connectivity index (χ0v) is 11.5. The summed E-state index contributed by atoms with van der Waals surface area (Å²) in [6.07, 6.45) is 1.65. The minimum absolute atomic E-state index is 0.00566. The highest BCUT2D eigenvalue weighted by Crippen LogP contribution is 2.31. The van der Waals surface area contributed by atoms with Gasteiger partial charge in [0.25, 0.3) is 0 Å². The van der Waals surface area contributed by atoms with E-state index >= 15 is 0 Å². The van der Waals surface area contributed by atoms with E-state index in [2.05, 4.69) is 35.3 Å². The second kappa shape index (κ2) is 5.35. The molecule has 0 aliphatic carbocycles. The Bertz CT molecular complexity index is 783. The van der Waals surface area contributed by atoms with Crippen molar-refractivity contribution in [3.63, 3.8) is 0 Å². The molecule has 0 bridgehead atoms. The first-order valence-electron chi connectivity index (χ1n) is 6.20. The fourth-order valence-corrected chi connectivity index (χ4v) is 3.01. The van der Waals surface area contributed by atoms with Gasteiger partial charge >= 0.3 is 0 Å². The second-order valence-corrected chi connectivity index (χ2v) is 5.49. The van der Waals surface area contributed by atoms with Crippen molar-refractivity contribution in [2.24, 2.45) is 5.73 Å². The van der Waals surface area contributed by atoms with Crippen LogP contribution >= 0.6 is 11.8 Å². The van der Waals surface area contributed by atoms with Crippen LogP contribution < -0.4 is 5.73 Å². The molecule has 0 aliphatic rings. The number of amidine groups is 1. The average Bonchev–Trinajstić information content (AvgIpc) is 2.47. The monoisotopic (exact) mass is 279 g/mol. The van der Waals surface area contributed by atoms with Crippen LogP contribution in [0.1, 0.15) is 5.69 Å². The van der Waals surface area contributed by atoms with Gasteiger partial charge in [0.2, 0.25) is 0 Å². The highest BCUT2D eigenvalue weighted by Gasteiger charge is 2.08. The lowest BCUT2D eigenvalue weighted by molar-refractivity contribution is 1.17. The summed E-state index contributed by atoms with van der Waals surface area (Å²) in [7, 11) is 0. The maximum Gasteiger partial charge on any atom is 0.142 e. The minimum atomic E-state index is -0.00566. The summed E-state index contributed by atoms with van der Waals surface area (Å²) in [6, 6.07) is 18.3. The van der Waals surface area contributed by atoms with E-state index in [4.69, 9.17) is 11.1 Å². The molecule has 4 heteroatoms. The number of nitrogens with one attached hydrogen (secondary N) is 1. The van der Waals surface area contributed by atoms with Crippen molar-refractivity contribution in [3.05, 3.63) is 66.5 Å². The molecule has 1 aromatic heterocycles. The molecule has 0 saturated carbocycles. The van der Waals surface area contributed by atoms with Crippen LogP contribution in [-0.4, -0.2) is 10.8 Å². The number of nitrogens with two attached hydrogens (primary N) is 1. The van der Waals surface area contributed by atoms with Gasteiger partial charge in [-0.2, -0.15) is 0 Å². The number of nitrogen functional groups attached to an aromatic ring is 1. The van der Waals surface area contributed by atoms with Crippen LogP contribution in [0, 0.1) is 5.41 Å². The third-order valence-electron chi connectivity index (χ3n) is 2.97. The largest absolute Gasteiger partial charge is 0.382 e. The molecule has 0 radical (unpaired) electrons. The van der Waals surface area contributed by atoms with Crippen molar-refractivity contribution < 1.29 is 0 Å². The van der Waals surface area contributed by atoms with Gasteiger partial charge in [-0.15, -0.1) is 0 Å². The molecule has 0 saturated heterocycles. The number of benzene rings is 2. The smallest absolute Gasteiger partial charge is 0.142 e. The first kappa shape index (κ1) is 12.7. The third-order valence-corrected chi connectivity index (χ3v) is 4.01. The second-order valence-electron chi connectivity index (χ2n) is 4.37. The third kappa shape index (κ3) is 2.51. The molecule has 0 spiro atoms. The zero-order chi connectivity index (χ0) is 13.9.